The highest BCUT2D eigenvalue weighted by molar-refractivity contribution is 6.01. The van der Waals surface area contributed by atoms with Gasteiger partial charge in [-0.15, -0.1) is 0 Å². The quantitative estimate of drug-likeness (QED) is 0.559. The third kappa shape index (κ3) is 3.16. The zero-order valence-electron chi connectivity index (χ0n) is 14.6. The number of benzene rings is 2. The van der Waals surface area contributed by atoms with Gasteiger partial charge >= 0.3 is 0 Å². The Morgan fingerprint density at radius 3 is 2.54 bits per heavy atom. The van der Waals surface area contributed by atoms with E-state index in [1.165, 1.54) is 5.56 Å². The normalized spacial score (nSPS) is 13.5. The van der Waals surface area contributed by atoms with Gasteiger partial charge in [0.2, 0.25) is 0 Å². The minimum atomic E-state index is -0.260. The van der Waals surface area contributed by atoms with Crippen LogP contribution in [0.5, 0.6) is 0 Å². The van der Waals surface area contributed by atoms with Gasteiger partial charge in [0.05, 0.1) is 5.71 Å². The number of nitrogens with zero attached hydrogens (tertiary/aromatic N) is 2. The molecule has 130 valence electrons. The van der Waals surface area contributed by atoms with Crippen LogP contribution in [0.4, 0.5) is 0 Å². The first-order valence-corrected chi connectivity index (χ1v) is 8.79. The first-order chi connectivity index (χ1) is 12.7. The molecule has 0 bridgehead atoms. The number of aromatic amines is 1. The van der Waals surface area contributed by atoms with Crippen molar-refractivity contribution in [3.63, 3.8) is 0 Å². The van der Waals surface area contributed by atoms with Crippen LogP contribution < -0.4 is 5.43 Å². The summed E-state index contributed by atoms with van der Waals surface area (Å²) < 4.78 is 0. The monoisotopic (exact) mass is 344 g/mol. The van der Waals surface area contributed by atoms with Gasteiger partial charge < -0.3 is 0 Å². The molecule has 0 spiro atoms. The van der Waals surface area contributed by atoms with Crippen molar-refractivity contribution < 1.29 is 4.79 Å². The summed E-state index contributed by atoms with van der Waals surface area (Å²) in [6.07, 6.45) is 2.93. The molecule has 26 heavy (non-hydrogen) atoms. The highest BCUT2D eigenvalue weighted by Crippen LogP contribution is 2.22. The average Bonchev–Trinajstić information content (AvgIpc) is 3.30. The van der Waals surface area contributed by atoms with Gasteiger partial charge in [-0.2, -0.15) is 10.2 Å². The number of hydrazone groups is 1. The van der Waals surface area contributed by atoms with Gasteiger partial charge in [-0.1, -0.05) is 54.6 Å². The Kier molecular flexibility index (Phi) is 4.35. The molecule has 2 N–H and O–H groups in total. The fraction of sp³-hybridized carbons (Fsp3) is 0.190. The molecule has 1 amide bonds. The number of fused-ring (bicyclic) bond motifs is 1. The van der Waals surface area contributed by atoms with E-state index in [0.717, 1.165) is 47.4 Å². The predicted molar refractivity (Wildman–Crippen MR) is 102 cm³/mol. The number of carbonyl (C=O) groups is 1. The second-order valence-electron chi connectivity index (χ2n) is 6.46. The van der Waals surface area contributed by atoms with Crippen LogP contribution in [-0.2, 0) is 12.8 Å². The van der Waals surface area contributed by atoms with Gasteiger partial charge in [0.1, 0.15) is 0 Å². The van der Waals surface area contributed by atoms with E-state index in [4.69, 9.17) is 0 Å². The molecule has 0 saturated carbocycles. The highest BCUT2D eigenvalue weighted by atomic mass is 16.2. The van der Waals surface area contributed by atoms with E-state index in [2.05, 4.69) is 45.0 Å². The first-order valence-electron chi connectivity index (χ1n) is 8.79. The molecule has 5 heteroatoms. The summed E-state index contributed by atoms with van der Waals surface area (Å²) in [5, 5.41) is 11.3. The fourth-order valence-electron chi connectivity index (χ4n) is 3.29. The smallest absolute Gasteiger partial charge is 0.281 e. The fourth-order valence-corrected chi connectivity index (χ4v) is 3.29. The van der Waals surface area contributed by atoms with Crippen LogP contribution in [0.2, 0.25) is 0 Å². The molecule has 1 aliphatic carbocycles. The molecule has 0 atom stereocenters. The standard InChI is InChI=1S/C21H20N4O/c1-14(15-10-12-17(13-11-15)16-6-3-2-4-7-16)22-25-21(26)20-18-8-5-9-19(18)23-24-20/h2-4,6-7,10-13H,5,8-9H2,1H3,(H,23,24)(H,25,26)/b22-14+. The van der Waals surface area contributed by atoms with Crippen molar-refractivity contribution in [2.75, 3.05) is 0 Å². The summed E-state index contributed by atoms with van der Waals surface area (Å²) in [5.74, 6) is -0.260. The summed E-state index contributed by atoms with van der Waals surface area (Å²) in [6, 6.07) is 18.4. The van der Waals surface area contributed by atoms with E-state index in [0.29, 0.717) is 5.69 Å². The third-order valence-corrected chi connectivity index (χ3v) is 4.76. The molecule has 0 saturated heterocycles. The molecule has 1 aliphatic rings. The number of amides is 1. The number of aryl methyl sites for hydroxylation is 1. The van der Waals surface area contributed by atoms with Gasteiger partial charge in [0.25, 0.3) is 5.91 Å². The second kappa shape index (κ2) is 6.96. The second-order valence-corrected chi connectivity index (χ2v) is 6.46. The summed E-state index contributed by atoms with van der Waals surface area (Å²) in [4.78, 5) is 12.3. The maximum Gasteiger partial charge on any atom is 0.292 e. The van der Waals surface area contributed by atoms with Crippen LogP contribution in [0.3, 0.4) is 0 Å². The minimum Gasteiger partial charge on any atom is -0.281 e. The van der Waals surface area contributed by atoms with Crippen LogP contribution >= 0.6 is 0 Å². The molecule has 1 aromatic heterocycles. The maximum atomic E-state index is 12.3. The lowest BCUT2D eigenvalue weighted by Gasteiger charge is -2.05. The summed E-state index contributed by atoms with van der Waals surface area (Å²) in [7, 11) is 0. The maximum absolute atomic E-state index is 12.3. The van der Waals surface area contributed by atoms with Crippen LogP contribution in [0, 0.1) is 0 Å². The van der Waals surface area contributed by atoms with E-state index in [1.54, 1.807) is 0 Å². The number of aromatic nitrogens is 2. The van der Waals surface area contributed by atoms with E-state index in [9.17, 15) is 4.79 Å². The van der Waals surface area contributed by atoms with E-state index < -0.39 is 0 Å². The Bertz CT molecular complexity index is 955. The van der Waals surface area contributed by atoms with Crippen molar-refractivity contribution in [3.8, 4) is 11.1 Å². The molecule has 0 fully saturated rings. The van der Waals surface area contributed by atoms with Crippen molar-refractivity contribution in [2.45, 2.75) is 26.2 Å². The number of rotatable bonds is 4. The Balaban J connectivity index is 1.47. The zero-order chi connectivity index (χ0) is 17.9. The van der Waals surface area contributed by atoms with Crippen molar-refractivity contribution in [2.24, 2.45) is 5.10 Å². The molecular weight excluding hydrogens is 324 g/mol. The van der Waals surface area contributed by atoms with Crippen LogP contribution in [0.25, 0.3) is 11.1 Å². The number of nitrogens with one attached hydrogen (secondary N) is 2. The van der Waals surface area contributed by atoms with E-state index in [-0.39, 0.29) is 5.91 Å². The molecule has 3 aromatic rings. The van der Waals surface area contributed by atoms with Crippen molar-refractivity contribution in [3.05, 3.63) is 77.1 Å². The number of H-pyrrole nitrogens is 1. The molecule has 0 radical (unpaired) electrons. The predicted octanol–water partition coefficient (Wildman–Crippen LogP) is 3.72. The summed E-state index contributed by atoms with van der Waals surface area (Å²) in [6.45, 7) is 1.88. The SMILES string of the molecule is C/C(=N\NC(=O)c1n[nH]c2c1CCC2)c1ccc(-c2ccccc2)cc1. The minimum absolute atomic E-state index is 0.260. The molecule has 1 heterocycles. The van der Waals surface area contributed by atoms with Gasteiger partial charge in [0, 0.05) is 11.3 Å². The van der Waals surface area contributed by atoms with Gasteiger partial charge in [-0.3, -0.25) is 9.89 Å². The molecule has 2 aromatic carbocycles. The van der Waals surface area contributed by atoms with Crippen LogP contribution in [0.15, 0.2) is 59.7 Å². The molecular formula is C21H20N4O. The Morgan fingerprint density at radius 2 is 1.77 bits per heavy atom. The van der Waals surface area contributed by atoms with E-state index >= 15 is 0 Å². The van der Waals surface area contributed by atoms with Crippen molar-refractivity contribution >= 4 is 11.6 Å². The van der Waals surface area contributed by atoms with Gasteiger partial charge in [-0.25, -0.2) is 5.43 Å². The lowest BCUT2D eigenvalue weighted by atomic mass is 10.0. The van der Waals surface area contributed by atoms with Crippen LogP contribution in [0.1, 0.15) is 40.7 Å². The van der Waals surface area contributed by atoms with Gasteiger partial charge in [0.15, 0.2) is 5.69 Å². The van der Waals surface area contributed by atoms with Crippen molar-refractivity contribution in [1.82, 2.24) is 15.6 Å². The zero-order valence-corrected chi connectivity index (χ0v) is 14.6. The topological polar surface area (TPSA) is 70.1 Å². The lowest BCUT2D eigenvalue weighted by molar-refractivity contribution is 0.0949. The van der Waals surface area contributed by atoms with Crippen molar-refractivity contribution in [1.29, 1.82) is 0 Å². The number of hydrogen-bond donors (Lipinski definition) is 2. The van der Waals surface area contributed by atoms with E-state index in [1.807, 2.05) is 37.3 Å². The molecule has 4 rings (SSSR count). The van der Waals surface area contributed by atoms with Gasteiger partial charge in [-0.05, 0) is 42.9 Å². The number of carbonyl (C=O) groups excluding carboxylic acids is 1. The molecule has 5 nitrogen and oxygen atoms in total. The molecule has 0 unspecified atom stereocenters. The highest BCUT2D eigenvalue weighted by Gasteiger charge is 2.22. The Morgan fingerprint density at radius 1 is 1.04 bits per heavy atom. The lowest BCUT2D eigenvalue weighted by Crippen LogP contribution is -2.21. The largest absolute Gasteiger partial charge is 0.292 e. The number of hydrogen-bond acceptors (Lipinski definition) is 3. The van der Waals surface area contributed by atoms with Crippen LogP contribution in [-0.4, -0.2) is 21.8 Å². The first kappa shape index (κ1) is 16.3. The summed E-state index contributed by atoms with van der Waals surface area (Å²) >= 11 is 0. The Labute approximate surface area is 152 Å². The Hall–Kier alpha value is -3.21. The summed E-state index contributed by atoms with van der Waals surface area (Å²) in [5.41, 5.74) is 9.25. The average molecular weight is 344 g/mol. The third-order valence-electron chi connectivity index (χ3n) is 4.76. The molecule has 0 aliphatic heterocycles.